The number of methoxy groups -OCH3 is 1. The van der Waals surface area contributed by atoms with Crippen molar-refractivity contribution in [2.24, 2.45) is 0 Å². The molecule has 0 aromatic carbocycles. The Morgan fingerprint density at radius 1 is 1.39 bits per heavy atom. The third kappa shape index (κ3) is 5.05. The zero-order valence-electron chi connectivity index (χ0n) is 12.3. The van der Waals surface area contributed by atoms with Crippen LogP contribution in [0.1, 0.15) is 52.0 Å². The first kappa shape index (κ1) is 15.0. The zero-order chi connectivity index (χ0) is 13.6. The van der Waals surface area contributed by atoms with Crippen LogP contribution < -0.4 is 10.1 Å². The third-order valence-electron chi connectivity index (χ3n) is 2.99. The van der Waals surface area contributed by atoms with Crippen molar-refractivity contribution in [2.45, 2.75) is 52.0 Å². The fourth-order valence-corrected chi connectivity index (χ4v) is 1.98. The summed E-state index contributed by atoms with van der Waals surface area (Å²) in [6.45, 7) is 9.87. The maximum Gasteiger partial charge on any atom is 0.216 e. The van der Waals surface area contributed by atoms with E-state index in [0.717, 1.165) is 25.3 Å². The number of aromatic nitrogens is 1. The van der Waals surface area contributed by atoms with E-state index < -0.39 is 0 Å². The van der Waals surface area contributed by atoms with Gasteiger partial charge in [-0.3, -0.25) is 0 Å². The van der Waals surface area contributed by atoms with Gasteiger partial charge >= 0.3 is 0 Å². The smallest absolute Gasteiger partial charge is 0.216 e. The van der Waals surface area contributed by atoms with Gasteiger partial charge in [-0.15, -0.1) is 0 Å². The van der Waals surface area contributed by atoms with Crippen molar-refractivity contribution in [3.05, 3.63) is 23.9 Å². The number of rotatable bonds is 6. The number of pyridine rings is 1. The van der Waals surface area contributed by atoms with Gasteiger partial charge in [-0.25, -0.2) is 4.98 Å². The summed E-state index contributed by atoms with van der Waals surface area (Å²) in [5.74, 6) is 1.24. The van der Waals surface area contributed by atoms with E-state index in [0.29, 0.717) is 5.92 Å². The lowest BCUT2D eigenvalue weighted by Crippen LogP contribution is -2.36. The van der Waals surface area contributed by atoms with Gasteiger partial charge in [0.15, 0.2) is 0 Å². The largest absolute Gasteiger partial charge is 0.481 e. The maximum absolute atomic E-state index is 5.30. The normalized spacial score (nSPS) is 13.4. The first-order chi connectivity index (χ1) is 8.44. The second-order valence-corrected chi connectivity index (χ2v) is 5.82. The highest BCUT2D eigenvalue weighted by Gasteiger charge is 2.12. The average Bonchev–Trinajstić information content (AvgIpc) is 2.33. The predicted octanol–water partition coefficient (Wildman–Crippen LogP) is 3.36. The Morgan fingerprint density at radius 3 is 2.72 bits per heavy atom. The molecule has 0 amide bonds. The van der Waals surface area contributed by atoms with E-state index in [2.05, 4.69) is 44.1 Å². The van der Waals surface area contributed by atoms with Gasteiger partial charge in [0.2, 0.25) is 5.88 Å². The highest BCUT2D eigenvalue weighted by Crippen LogP contribution is 2.27. The lowest BCUT2D eigenvalue weighted by atomic mass is 9.97. The molecule has 3 heteroatoms. The van der Waals surface area contributed by atoms with E-state index in [4.69, 9.17) is 4.74 Å². The van der Waals surface area contributed by atoms with Crippen LogP contribution >= 0.6 is 0 Å². The van der Waals surface area contributed by atoms with Crippen LogP contribution in [0.3, 0.4) is 0 Å². The Morgan fingerprint density at radius 2 is 2.11 bits per heavy atom. The molecule has 0 spiro atoms. The fraction of sp³-hybridized carbons (Fsp3) is 0.667. The quantitative estimate of drug-likeness (QED) is 0.786. The molecule has 1 heterocycles. The van der Waals surface area contributed by atoms with Gasteiger partial charge in [0, 0.05) is 17.3 Å². The van der Waals surface area contributed by atoms with Crippen LogP contribution in [0.15, 0.2) is 18.3 Å². The average molecular weight is 250 g/mol. The molecule has 0 unspecified atom stereocenters. The highest BCUT2D eigenvalue weighted by atomic mass is 16.5. The molecular weight excluding hydrogens is 224 g/mol. The molecule has 0 aliphatic rings. The van der Waals surface area contributed by atoms with Crippen molar-refractivity contribution in [3.63, 3.8) is 0 Å². The molecular formula is C15H26N2O. The van der Waals surface area contributed by atoms with Crippen LogP contribution in [0, 0.1) is 0 Å². The van der Waals surface area contributed by atoms with Crippen LogP contribution in [0.4, 0.5) is 0 Å². The molecule has 0 aliphatic heterocycles. The number of hydrogen-bond acceptors (Lipinski definition) is 3. The topological polar surface area (TPSA) is 34.1 Å². The van der Waals surface area contributed by atoms with E-state index in [1.807, 2.05) is 6.07 Å². The lowest BCUT2D eigenvalue weighted by Gasteiger charge is -2.21. The van der Waals surface area contributed by atoms with Crippen molar-refractivity contribution in [1.82, 2.24) is 10.3 Å². The van der Waals surface area contributed by atoms with E-state index in [-0.39, 0.29) is 5.54 Å². The Balaban J connectivity index is 2.43. The van der Waals surface area contributed by atoms with Crippen LogP contribution in [-0.4, -0.2) is 24.2 Å². The number of nitrogens with zero attached hydrogens (tertiary/aromatic N) is 1. The van der Waals surface area contributed by atoms with Crippen molar-refractivity contribution in [2.75, 3.05) is 13.7 Å². The van der Waals surface area contributed by atoms with E-state index in [1.54, 1.807) is 13.3 Å². The van der Waals surface area contributed by atoms with E-state index >= 15 is 0 Å². The first-order valence-corrected chi connectivity index (χ1v) is 6.68. The summed E-state index contributed by atoms with van der Waals surface area (Å²) in [6, 6.07) is 4.08. The summed E-state index contributed by atoms with van der Waals surface area (Å²) in [4.78, 5) is 4.25. The molecule has 0 radical (unpaired) electrons. The Bertz CT molecular complexity index is 358. The molecule has 0 saturated heterocycles. The van der Waals surface area contributed by atoms with Crippen molar-refractivity contribution in [1.29, 1.82) is 0 Å². The van der Waals surface area contributed by atoms with Crippen molar-refractivity contribution >= 4 is 0 Å². The van der Waals surface area contributed by atoms with Gasteiger partial charge in [-0.2, -0.15) is 0 Å². The summed E-state index contributed by atoms with van der Waals surface area (Å²) in [7, 11) is 1.68. The molecule has 18 heavy (non-hydrogen) atoms. The molecule has 1 N–H and O–H groups in total. The van der Waals surface area contributed by atoms with Crippen molar-refractivity contribution in [3.8, 4) is 5.88 Å². The second-order valence-electron chi connectivity index (χ2n) is 5.82. The van der Waals surface area contributed by atoms with E-state index in [9.17, 15) is 0 Å². The number of ether oxygens (including phenoxy) is 1. The lowest BCUT2D eigenvalue weighted by molar-refractivity contribution is 0.384. The van der Waals surface area contributed by atoms with Crippen LogP contribution in [0.25, 0.3) is 0 Å². The van der Waals surface area contributed by atoms with Gasteiger partial charge in [-0.05, 0) is 52.1 Å². The minimum atomic E-state index is 0.204. The molecule has 102 valence electrons. The number of nitrogens with one attached hydrogen (secondary N) is 1. The predicted molar refractivity (Wildman–Crippen MR) is 76.2 cm³/mol. The summed E-state index contributed by atoms with van der Waals surface area (Å²) < 4.78 is 5.30. The minimum Gasteiger partial charge on any atom is -0.481 e. The van der Waals surface area contributed by atoms with Crippen LogP contribution in [0.5, 0.6) is 5.88 Å². The molecule has 0 bridgehead atoms. The number of hydrogen-bond donors (Lipinski definition) is 1. The monoisotopic (exact) mass is 250 g/mol. The standard InChI is InChI=1S/C15H26N2O/c1-12(8-6-11-17-15(2,3)4)13-9-7-10-16-14(13)18-5/h7,9-10,12,17H,6,8,11H2,1-5H3/t12-/m1/s1. The van der Waals surface area contributed by atoms with Gasteiger partial charge in [-0.1, -0.05) is 13.0 Å². The molecule has 1 aromatic rings. The Kier molecular flexibility index (Phi) is 5.60. The summed E-state index contributed by atoms with van der Waals surface area (Å²) in [6.07, 6.45) is 4.08. The summed E-state index contributed by atoms with van der Waals surface area (Å²) in [5.41, 5.74) is 1.41. The Hall–Kier alpha value is -1.09. The molecule has 3 nitrogen and oxygen atoms in total. The zero-order valence-corrected chi connectivity index (χ0v) is 12.3. The Labute approximate surface area is 111 Å². The molecule has 1 aromatic heterocycles. The van der Waals surface area contributed by atoms with Gasteiger partial charge in [0.1, 0.15) is 0 Å². The highest BCUT2D eigenvalue weighted by molar-refractivity contribution is 5.28. The van der Waals surface area contributed by atoms with Gasteiger partial charge in [0.05, 0.1) is 7.11 Å². The minimum absolute atomic E-state index is 0.204. The fourth-order valence-electron chi connectivity index (χ4n) is 1.98. The maximum atomic E-state index is 5.30. The molecule has 0 fully saturated rings. The first-order valence-electron chi connectivity index (χ1n) is 6.68. The van der Waals surface area contributed by atoms with Crippen LogP contribution in [0.2, 0.25) is 0 Å². The van der Waals surface area contributed by atoms with E-state index in [1.165, 1.54) is 5.56 Å². The summed E-state index contributed by atoms with van der Waals surface area (Å²) in [5, 5.41) is 3.51. The molecule has 0 aliphatic carbocycles. The third-order valence-corrected chi connectivity index (χ3v) is 2.99. The SMILES string of the molecule is COc1ncccc1[C@H](C)CCCNC(C)(C)C. The second kappa shape index (κ2) is 6.74. The van der Waals surface area contributed by atoms with Gasteiger partial charge < -0.3 is 10.1 Å². The van der Waals surface area contributed by atoms with Crippen LogP contribution in [-0.2, 0) is 0 Å². The molecule has 1 rings (SSSR count). The van der Waals surface area contributed by atoms with Crippen molar-refractivity contribution < 1.29 is 4.74 Å². The molecule has 1 atom stereocenters. The summed E-state index contributed by atoms with van der Waals surface area (Å²) >= 11 is 0. The molecule has 0 saturated carbocycles. The van der Waals surface area contributed by atoms with Gasteiger partial charge in [0.25, 0.3) is 0 Å².